The second-order valence-corrected chi connectivity index (χ2v) is 10.1. The van der Waals surface area contributed by atoms with Crippen molar-refractivity contribution in [3.05, 3.63) is 53.6 Å². The van der Waals surface area contributed by atoms with Crippen LogP contribution in [0.3, 0.4) is 0 Å². The molecule has 4 rings (SSSR count). The van der Waals surface area contributed by atoms with Crippen LogP contribution in [0.2, 0.25) is 0 Å². The summed E-state index contributed by atoms with van der Waals surface area (Å²) in [4.78, 5) is 28.1. The summed E-state index contributed by atoms with van der Waals surface area (Å²) >= 11 is 0. The first-order valence-electron chi connectivity index (χ1n) is 11.3. The van der Waals surface area contributed by atoms with Crippen molar-refractivity contribution in [2.75, 3.05) is 45.9 Å². The van der Waals surface area contributed by atoms with Crippen molar-refractivity contribution in [3.63, 3.8) is 0 Å². The van der Waals surface area contributed by atoms with Gasteiger partial charge in [-0.15, -0.1) is 0 Å². The van der Waals surface area contributed by atoms with E-state index >= 15 is 0 Å². The summed E-state index contributed by atoms with van der Waals surface area (Å²) in [5.74, 6) is 1.07. The summed E-state index contributed by atoms with van der Waals surface area (Å²) in [6.45, 7) is 6.39. The van der Waals surface area contributed by atoms with Gasteiger partial charge in [-0.2, -0.15) is 4.31 Å². The fourth-order valence-electron chi connectivity index (χ4n) is 4.14. The van der Waals surface area contributed by atoms with Gasteiger partial charge in [-0.25, -0.2) is 8.42 Å². The van der Waals surface area contributed by atoms with Crippen LogP contribution in [0.4, 0.5) is 0 Å². The zero-order chi connectivity index (χ0) is 24.3. The Bertz CT molecular complexity index is 1160. The number of hydrogen-bond acceptors (Lipinski definition) is 6. The number of carbonyl (C=O) groups is 2. The van der Waals surface area contributed by atoms with E-state index in [-0.39, 0.29) is 29.8 Å². The van der Waals surface area contributed by atoms with E-state index in [1.165, 1.54) is 23.4 Å². The van der Waals surface area contributed by atoms with Crippen LogP contribution in [0.1, 0.15) is 29.8 Å². The maximum Gasteiger partial charge on any atom is 0.254 e. The molecular weight excluding hydrogens is 458 g/mol. The molecule has 0 aliphatic carbocycles. The van der Waals surface area contributed by atoms with E-state index in [0.29, 0.717) is 56.5 Å². The molecule has 2 aliphatic rings. The molecule has 0 saturated carbocycles. The van der Waals surface area contributed by atoms with Crippen LogP contribution in [0.25, 0.3) is 0 Å². The van der Waals surface area contributed by atoms with E-state index in [1.54, 1.807) is 21.9 Å². The first-order valence-corrected chi connectivity index (χ1v) is 12.8. The van der Waals surface area contributed by atoms with Gasteiger partial charge in [0.15, 0.2) is 11.5 Å². The van der Waals surface area contributed by atoms with E-state index < -0.39 is 10.0 Å². The molecule has 0 unspecified atom stereocenters. The number of fused-ring (bicyclic) bond motifs is 1. The molecule has 0 radical (unpaired) electrons. The standard InChI is InChI=1S/C24H29N3O6S/c1-3-25(17-20-5-4-6-22-23(20)33-16-15-32-22)24(29)19-7-9-21(10-8-19)34(30,31)27-13-11-26(12-14-27)18(2)28/h4-10H,3,11-17H2,1-2H3. The third kappa shape index (κ3) is 4.88. The van der Waals surface area contributed by atoms with Crippen LogP contribution in [-0.2, 0) is 21.4 Å². The fraction of sp³-hybridized carbons (Fsp3) is 0.417. The molecule has 9 nitrogen and oxygen atoms in total. The third-order valence-electron chi connectivity index (χ3n) is 6.10. The molecule has 1 saturated heterocycles. The predicted octanol–water partition coefficient (Wildman–Crippen LogP) is 1.97. The Morgan fingerprint density at radius 2 is 1.65 bits per heavy atom. The number of rotatable bonds is 6. The number of amides is 2. The number of carbonyl (C=O) groups excluding carboxylic acids is 2. The molecular formula is C24H29N3O6S. The minimum atomic E-state index is -3.70. The molecule has 2 aliphatic heterocycles. The molecule has 10 heteroatoms. The van der Waals surface area contributed by atoms with Gasteiger partial charge in [0.1, 0.15) is 13.2 Å². The first-order chi connectivity index (χ1) is 16.3. The van der Waals surface area contributed by atoms with Crippen LogP contribution < -0.4 is 9.47 Å². The van der Waals surface area contributed by atoms with Gasteiger partial charge in [0.05, 0.1) is 4.90 Å². The highest BCUT2D eigenvalue weighted by atomic mass is 32.2. The summed E-state index contributed by atoms with van der Waals surface area (Å²) in [6, 6.07) is 11.6. The molecule has 0 atom stereocenters. The molecule has 2 heterocycles. The van der Waals surface area contributed by atoms with Crippen molar-refractivity contribution in [2.24, 2.45) is 0 Å². The van der Waals surface area contributed by atoms with E-state index in [2.05, 4.69) is 0 Å². The topological polar surface area (TPSA) is 96.5 Å². The Hall–Kier alpha value is -3.11. The Morgan fingerprint density at radius 1 is 0.971 bits per heavy atom. The summed E-state index contributed by atoms with van der Waals surface area (Å²) in [5.41, 5.74) is 1.26. The number of piperazine rings is 1. The Balaban J connectivity index is 1.46. The lowest BCUT2D eigenvalue weighted by atomic mass is 10.1. The summed E-state index contributed by atoms with van der Waals surface area (Å²) < 4.78 is 38.8. The van der Waals surface area contributed by atoms with Gasteiger partial charge in [0, 0.05) is 57.3 Å². The zero-order valence-corrected chi connectivity index (χ0v) is 20.2. The van der Waals surface area contributed by atoms with E-state index in [1.807, 2.05) is 25.1 Å². The average Bonchev–Trinajstić information content (AvgIpc) is 2.87. The highest BCUT2D eigenvalue weighted by Crippen LogP contribution is 2.34. The Morgan fingerprint density at radius 3 is 2.29 bits per heavy atom. The molecule has 2 amide bonds. The summed E-state index contributed by atoms with van der Waals surface area (Å²) in [5, 5.41) is 0. The molecule has 2 aromatic rings. The predicted molar refractivity (Wildman–Crippen MR) is 125 cm³/mol. The smallest absolute Gasteiger partial charge is 0.254 e. The number of hydrogen-bond donors (Lipinski definition) is 0. The first kappa shape index (κ1) is 24.0. The number of nitrogens with zero attached hydrogens (tertiary/aromatic N) is 3. The maximum absolute atomic E-state index is 13.2. The van der Waals surface area contributed by atoms with Crippen LogP contribution >= 0.6 is 0 Å². The van der Waals surface area contributed by atoms with Gasteiger partial charge >= 0.3 is 0 Å². The Labute approximate surface area is 199 Å². The number of sulfonamides is 1. The van der Waals surface area contributed by atoms with Gasteiger partial charge in [-0.3, -0.25) is 9.59 Å². The normalized spacial score (nSPS) is 16.2. The van der Waals surface area contributed by atoms with E-state index in [0.717, 1.165) is 5.56 Å². The summed E-state index contributed by atoms with van der Waals surface area (Å²) in [6.07, 6.45) is 0. The summed E-state index contributed by atoms with van der Waals surface area (Å²) in [7, 11) is -3.70. The van der Waals surface area contributed by atoms with Gasteiger partial charge < -0.3 is 19.3 Å². The van der Waals surface area contributed by atoms with Crippen molar-refractivity contribution in [1.82, 2.24) is 14.1 Å². The lowest BCUT2D eigenvalue weighted by Crippen LogP contribution is -2.49. The average molecular weight is 488 g/mol. The van der Waals surface area contributed by atoms with Crippen LogP contribution in [-0.4, -0.2) is 80.3 Å². The SMILES string of the molecule is CCN(Cc1cccc2c1OCCO2)C(=O)c1ccc(S(=O)(=O)N2CCN(C(C)=O)CC2)cc1. The molecule has 2 aromatic carbocycles. The minimum Gasteiger partial charge on any atom is -0.486 e. The van der Waals surface area contributed by atoms with E-state index in [4.69, 9.17) is 9.47 Å². The van der Waals surface area contributed by atoms with Gasteiger partial charge in [-0.05, 0) is 37.3 Å². The van der Waals surface area contributed by atoms with Gasteiger partial charge in [-0.1, -0.05) is 12.1 Å². The molecule has 1 fully saturated rings. The monoisotopic (exact) mass is 487 g/mol. The number of benzene rings is 2. The molecule has 0 N–H and O–H groups in total. The van der Waals surface area contributed by atoms with Gasteiger partial charge in [0.25, 0.3) is 5.91 Å². The van der Waals surface area contributed by atoms with E-state index in [9.17, 15) is 18.0 Å². The van der Waals surface area contributed by atoms with Crippen molar-refractivity contribution >= 4 is 21.8 Å². The quantitative estimate of drug-likeness (QED) is 0.618. The molecule has 34 heavy (non-hydrogen) atoms. The van der Waals surface area contributed by atoms with Crippen molar-refractivity contribution in [1.29, 1.82) is 0 Å². The molecule has 182 valence electrons. The second-order valence-electron chi connectivity index (χ2n) is 8.20. The minimum absolute atomic E-state index is 0.0597. The van der Waals surface area contributed by atoms with Crippen molar-refractivity contribution in [3.8, 4) is 11.5 Å². The Kier molecular flexibility index (Phi) is 7.08. The van der Waals surface area contributed by atoms with Crippen LogP contribution in [0.5, 0.6) is 11.5 Å². The van der Waals surface area contributed by atoms with Gasteiger partial charge in [0.2, 0.25) is 15.9 Å². The lowest BCUT2D eigenvalue weighted by molar-refractivity contribution is -0.129. The fourth-order valence-corrected chi connectivity index (χ4v) is 5.56. The third-order valence-corrected chi connectivity index (χ3v) is 8.01. The number of ether oxygens (including phenoxy) is 2. The molecule has 0 spiro atoms. The largest absolute Gasteiger partial charge is 0.486 e. The van der Waals surface area contributed by atoms with Crippen LogP contribution in [0, 0.1) is 0 Å². The number of para-hydroxylation sites is 1. The van der Waals surface area contributed by atoms with Crippen molar-refractivity contribution in [2.45, 2.75) is 25.3 Å². The molecule has 0 bridgehead atoms. The zero-order valence-electron chi connectivity index (χ0n) is 19.4. The van der Waals surface area contributed by atoms with Crippen molar-refractivity contribution < 1.29 is 27.5 Å². The highest BCUT2D eigenvalue weighted by Gasteiger charge is 2.29. The highest BCUT2D eigenvalue weighted by molar-refractivity contribution is 7.89. The molecule has 0 aromatic heterocycles. The lowest BCUT2D eigenvalue weighted by Gasteiger charge is -2.33. The second kappa shape index (κ2) is 10.0. The van der Waals surface area contributed by atoms with Crippen LogP contribution in [0.15, 0.2) is 47.4 Å². The maximum atomic E-state index is 13.2.